The summed E-state index contributed by atoms with van der Waals surface area (Å²) in [5.41, 5.74) is 4.74. The van der Waals surface area contributed by atoms with Gasteiger partial charge in [-0.2, -0.15) is 43.8 Å². The van der Waals surface area contributed by atoms with Gasteiger partial charge in [0, 0.05) is 42.9 Å². The Balaban J connectivity index is 1.48. The lowest BCUT2D eigenvalue weighted by molar-refractivity contribution is -0.432. The van der Waals surface area contributed by atoms with E-state index in [4.69, 9.17) is 19.8 Å². The number of carboxylic acid groups (broad SMARTS) is 1. The van der Waals surface area contributed by atoms with Crippen LogP contribution in [0.3, 0.4) is 0 Å². The van der Waals surface area contributed by atoms with Crippen molar-refractivity contribution in [3.63, 3.8) is 0 Å². The fraction of sp³-hybridized carbons (Fsp3) is 0.317. The number of carbonyl (C=O) groups is 1. The lowest BCUT2D eigenvalue weighted by atomic mass is 10.1. The molecule has 5 rings (SSSR count). The Morgan fingerprint density at radius 3 is 1.73 bits per heavy atom. The molecule has 1 heterocycles. The third-order valence-electron chi connectivity index (χ3n) is 8.65. The van der Waals surface area contributed by atoms with Crippen molar-refractivity contribution < 1.29 is 47.0 Å². The van der Waals surface area contributed by atoms with Crippen LogP contribution in [0.2, 0.25) is 0 Å². The predicted octanol–water partition coefficient (Wildman–Crippen LogP) is 10.4. The molecule has 6 N–H and O–H groups in total. The van der Waals surface area contributed by atoms with Gasteiger partial charge in [-0.05, 0) is 87.1 Å². The first-order valence-corrected chi connectivity index (χ1v) is 22.3. The molecule has 20 nitrogen and oxygen atoms in total. The maximum atomic E-state index is 11.4. The molecule has 0 saturated carbocycles. The number of aromatic nitrogens is 3. The predicted molar refractivity (Wildman–Crippen MR) is 238 cm³/mol. The highest BCUT2D eigenvalue weighted by molar-refractivity contribution is 7.94. The number of carboxylic acids is 1. The van der Waals surface area contributed by atoms with E-state index in [1.807, 2.05) is 80.6 Å². The van der Waals surface area contributed by atoms with Gasteiger partial charge in [0.05, 0.1) is 53.1 Å². The molecule has 63 heavy (non-hydrogen) atoms. The number of nitrogens with one attached hydrogen (secondary N) is 3. The molecule has 22 heteroatoms. The van der Waals surface area contributed by atoms with E-state index in [1.54, 1.807) is 18.2 Å². The van der Waals surface area contributed by atoms with Crippen LogP contribution in [0.5, 0.6) is 11.5 Å². The zero-order valence-corrected chi connectivity index (χ0v) is 36.1. The fourth-order valence-electron chi connectivity index (χ4n) is 5.58. The summed E-state index contributed by atoms with van der Waals surface area (Å²) in [5.74, 6) is 0.199. The number of azo groups is 2. The van der Waals surface area contributed by atoms with Crippen molar-refractivity contribution in [1.29, 1.82) is 0 Å². The number of hydrogen-bond donors (Lipinski definition) is 6. The van der Waals surface area contributed by atoms with E-state index in [0.717, 1.165) is 17.6 Å². The number of ether oxygens (including phenoxy) is 2. The van der Waals surface area contributed by atoms with Gasteiger partial charge in [-0.3, -0.25) is 9.35 Å². The highest BCUT2D eigenvalue weighted by Crippen LogP contribution is 2.38. The molecule has 0 aliphatic rings. The second-order valence-corrected chi connectivity index (χ2v) is 16.0. The SMILES string of the molecule is Cc1cc(Nc2nc(NCCCCCC(=O)O)nc(Nc3cc(C)c(N=Nc4ccccc4)cc3OCCCS(=O)(=O)O)n2)c(OCCCSOOO)cc1N=Nc1ccccc1. The number of aliphatic carboxylic acids is 1. The zero-order valence-electron chi connectivity index (χ0n) is 34.5. The molecule has 0 unspecified atom stereocenters. The van der Waals surface area contributed by atoms with E-state index in [9.17, 15) is 17.8 Å². The molecule has 0 spiro atoms. The van der Waals surface area contributed by atoms with Gasteiger partial charge in [-0.15, -0.1) is 4.33 Å². The van der Waals surface area contributed by atoms with E-state index in [2.05, 4.69) is 60.7 Å². The largest absolute Gasteiger partial charge is 0.491 e. The Morgan fingerprint density at radius 1 is 0.698 bits per heavy atom. The Labute approximate surface area is 368 Å². The van der Waals surface area contributed by atoms with Gasteiger partial charge < -0.3 is 30.5 Å². The monoisotopic (exact) mass is 904 g/mol. The van der Waals surface area contributed by atoms with Crippen LogP contribution < -0.4 is 25.4 Å². The van der Waals surface area contributed by atoms with Gasteiger partial charge in [0.25, 0.3) is 10.1 Å². The molecule has 0 aliphatic carbocycles. The average molecular weight is 905 g/mol. The molecule has 0 amide bonds. The standard InChI is InChI=1S/C41H48N10O10S2/c1-28-24-34(36(58-20-12-22-62-61-60-54)26-32(28)50-48-30-14-6-3-7-15-30)43-40-45-39(42-19-11-5-10-18-38(52)53)46-41(47-40)44-35-25-29(2)33(51-49-31-16-8-4-9-17-31)27-37(35)59-21-13-23-63(55,56)57/h3-4,6-9,14-17,24-27,54H,5,10-13,18-23H2,1-2H3,(H,52,53)(H,55,56,57)(H3,42,43,44,45,46,47). The number of unbranched alkanes of at least 4 members (excludes halogenated alkanes) is 2. The highest BCUT2D eigenvalue weighted by atomic mass is 32.2. The van der Waals surface area contributed by atoms with Crippen LogP contribution in [0.1, 0.15) is 49.7 Å². The Kier molecular flexibility index (Phi) is 18.9. The summed E-state index contributed by atoms with van der Waals surface area (Å²) in [7, 11) is -4.21. The molecule has 0 atom stereocenters. The quantitative estimate of drug-likeness (QED) is 0.00714. The van der Waals surface area contributed by atoms with Crippen molar-refractivity contribution in [3.05, 3.63) is 96.1 Å². The summed E-state index contributed by atoms with van der Waals surface area (Å²) in [6, 6.07) is 25.4. The molecule has 0 radical (unpaired) electrons. The normalized spacial score (nSPS) is 11.6. The first kappa shape index (κ1) is 47.7. The summed E-state index contributed by atoms with van der Waals surface area (Å²) in [6.45, 7) is 4.33. The molecule has 0 fully saturated rings. The summed E-state index contributed by atoms with van der Waals surface area (Å²) < 4.78 is 48.9. The second kappa shape index (κ2) is 25.0. The van der Waals surface area contributed by atoms with E-state index in [1.165, 1.54) is 0 Å². The molecule has 0 saturated heterocycles. The molecule has 5 aromatic rings. The number of aryl methyl sites for hydroxylation is 2. The third kappa shape index (κ3) is 17.2. The van der Waals surface area contributed by atoms with Crippen LogP contribution in [-0.2, 0) is 24.3 Å². The van der Waals surface area contributed by atoms with Gasteiger partial charge in [-0.1, -0.05) is 47.9 Å². The fourth-order valence-corrected chi connectivity index (χ4v) is 6.41. The van der Waals surface area contributed by atoms with Gasteiger partial charge in [0.2, 0.25) is 17.8 Å². The van der Waals surface area contributed by atoms with Gasteiger partial charge in [0.1, 0.15) is 11.5 Å². The van der Waals surface area contributed by atoms with Crippen molar-refractivity contribution >= 4 is 80.1 Å². The Morgan fingerprint density at radius 2 is 1.22 bits per heavy atom. The van der Waals surface area contributed by atoms with Crippen molar-refractivity contribution in [2.75, 3.05) is 47.2 Å². The molecular weight excluding hydrogens is 857 g/mol. The minimum Gasteiger partial charge on any atom is -0.491 e. The van der Waals surface area contributed by atoms with Crippen molar-refractivity contribution in [2.45, 2.75) is 52.4 Å². The van der Waals surface area contributed by atoms with Crippen LogP contribution in [-0.4, -0.2) is 75.5 Å². The highest BCUT2D eigenvalue weighted by Gasteiger charge is 2.17. The molecule has 1 aromatic heterocycles. The number of benzene rings is 4. The first-order valence-electron chi connectivity index (χ1n) is 19.7. The summed E-state index contributed by atoms with van der Waals surface area (Å²) >= 11 is 0.911. The van der Waals surface area contributed by atoms with E-state index >= 15 is 0 Å². The van der Waals surface area contributed by atoms with Crippen LogP contribution in [0.15, 0.2) is 105 Å². The zero-order chi connectivity index (χ0) is 44.9. The van der Waals surface area contributed by atoms with Crippen LogP contribution in [0.4, 0.5) is 52.0 Å². The Bertz CT molecular complexity index is 2420. The van der Waals surface area contributed by atoms with E-state index < -0.39 is 21.8 Å². The number of anilines is 5. The third-order valence-corrected chi connectivity index (χ3v) is 10.1. The van der Waals surface area contributed by atoms with E-state index in [0.29, 0.717) is 83.4 Å². The molecule has 0 bridgehead atoms. The van der Waals surface area contributed by atoms with Crippen LogP contribution >= 0.6 is 12.0 Å². The van der Waals surface area contributed by atoms with Crippen LogP contribution in [0.25, 0.3) is 0 Å². The molecule has 334 valence electrons. The summed E-state index contributed by atoms with van der Waals surface area (Å²) in [6.07, 6.45) is 2.43. The van der Waals surface area contributed by atoms with Crippen LogP contribution in [0, 0.1) is 13.8 Å². The summed E-state index contributed by atoms with van der Waals surface area (Å²) in [5, 5.41) is 48.4. The minimum absolute atomic E-state index is 0.00725. The summed E-state index contributed by atoms with van der Waals surface area (Å²) in [4.78, 5) is 25.0. The smallest absolute Gasteiger partial charge is 0.303 e. The lowest BCUT2D eigenvalue weighted by Crippen LogP contribution is -2.12. The molecule has 0 aliphatic heterocycles. The van der Waals surface area contributed by atoms with E-state index in [-0.39, 0.29) is 49.6 Å². The number of hydrogen-bond acceptors (Lipinski definition) is 19. The lowest BCUT2D eigenvalue weighted by Gasteiger charge is -2.17. The Hall–Kier alpha value is -6.30. The number of rotatable bonds is 27. The van der Waals surface area contributed by atoms with Gasteiger partial charge in [0.15, 0.2) is 0 Å². The first-order chi connectivity index (χ1) is 30.5. The number of nitrogens with zero attached hydrogens (tertiary/aromatic N) is 7. The maximum absolute atomic E-state index is 11.4. The topological polar surface area (TPSA) is 273 Å². The molecule has 4 aromatic carbocycles. The average Bonchev–Trinajstić information content (AvgIpc) is 3.25. The van der Waals surface area contributed by atoms with Crippen molar-refractivity contribution in [1.82, 2.24) is 15.0 Å². The van der Waals surface area contributed by atoms with Crippen molar-refractivity contribution in [3.8, 4) is 11.5 Å². The minimum atomic E-state index is -4.21. The van der Waals surface area contributed by atoms with Gasteiger partial charge in [-0.25, -0.2) is 5.26 Å². The van der Waals surface area contributed by atoms with Gasteiger partial charge >= 0.3 is 5.97 Å². The molecular formula is C41H48N10O10S2. The van der Waals surface area contributed by atoms with Crippen molar-refractivity contribution in [2.24, 2.45) is 20.5 Å². The second-order valence-electron chi connectivity index (χ2n) is 13.7. The maximum Gasteiger partial charge on any atom is 0.303 e.